The van der Waals surface area contributed by atoms with Crippen molar-refractivity contribution >= 4 is 0 Å². The van der Waals surface area contributed by atoms with Crippen LogP contribution in [0, 0.1) is 11.6 Å². The van der Waals surface area contributed by atoms with Crippen LogP contribution in [0.2, 0.25) is 0 Å². The van der Waals surface area contributed by atoms with Crippen molar-refractivity contribution in [2.45, 2.75) is 38.3 Å². The highest BCUT2D eigenvalue weighted by Crippen LogP contribution is 2.20. The van der Waals surface area contributed by atoms with Crippen LogP contribution in [0.5, 0.6) is 0 Å². The zero-order chi connectivity index (χ0) is 13.9. The molecule has 0 bridgehead atoms. The highest BCUT2D eigenvalue weighted by Gasteiger charge is 2.14. The minimum atomic E-state index is -0.845. The summed E-state index contributed by atoms with van der Waals surface area (Å²) >= 11 is 0. The molecule has 1 aliphatic carbocycles. The van der Waals surface area contributed by atoms with Gasteiger partial charge in [0.15, 0.2) is 11.6 Å². The molecule has 3 rings (SSSR count). The molecule has 0 aliphatic heterocycles. The smallest absolute Gasteiger partial charge is 0.159 e. The van der Waals surface area contributed by atoms with Crippen molar-refractivity contribution in [3.05, 3.63) is 41.9 Å². The number of nitrogens with one attached hydrogen (secondary N) is 2. The summed E-state index contributed by atoms with van der Waals surface area (Å²) in [5.74, 6) is -0.865. The fourth-order valence-electron chi connectivity index (χ4n) is 2.63. The van der Waals surface area contributed by atoms with Crippen LogP contribution in [0.25, 0.3) is 11.3 Å². The summed E-state index contributed by atoms with van der Waals surface area (Å²) < 4.78 is 26.1. The predicted octanol–water partition coefficient (Wildman–Crippen LogP) is 3.39. The normalized spacial score (nSPS) is 15.9. The summed E-state index contributed by atoms with van der Waals surface area (Å²) in [5, 5.41) is 3.46. The molecule has 1 fully saturated rings. The van der Waals surface area contributed by atoms with Crippen molar-refractivity contribution in [2.75, 3.05) is 0 Å². The van der Waals surface area contributed by atoms with Gasteiger partial charge in [0.25, 0.3) is 0 Å². The second-order valence-corrected chi connectivity index (χ2v) is 5.23. The largest absolute Gasteiger partial charge is 0.341 e. The molecule has 0 atom stereocenters. The van der Waals surface area contributed by atoms with Crippen molar-refractivity contribution in [3.63, 3.8) is 0 Å². The van der Waals surface area contributed by atoms with E-state index in [2.05, 4.69) is 15.3 Å². The Morgan fingerprint density at radius 1 is 1.20 bits per heavy atom. The van der Waals surface area contributed by atoms with E-state index in [9.17, 15) is 8.78 Å². The molecule has 106 valence electrons. The molecule has 2 aromatic rings. The average Bonchev–Trinajstić information content (AvgIpc) is 3.10. The van der Waals surface area contributed by atoms with E-state index < -0.39 is 11.6 Å². The van der Waals surface area contributed by atoms with Gasteiger partial charge in [-0.05, 0) is 31.0 Å². The van der Waals surface area contributed by atoms with Gasteiger partial charge in [-0.1, -0.05) is 12.8 Å². The first-order valence-corrected chi connectivity index (χ1v) is 6.95. The summed E-state index contributed by atoms with van der Waals surface area (Å²) in [7, 11) is 0. The summed E-state index contributed by atoms with van der Waals surface area (Å²) in [4.78, 5) is 7.41. The number of aromatic nitrogens is 2. The fourth-order valence-corrected chi connectivity index (χ4v) is 2.63. The molecule has 0 unspecified atom stereocenters. The first kappa shape index (κ1) is 13.2. The van der Waals surface area contributed by atoms with Crippen LogP contribution in [0.15, 0.2) is 24.4 Å². The van der Waals surface area contributed by atoms with Gasteiger partial charge in [-0.3, -0.25) is 0 Å². The number of benzene rings is 1. The number of H-pyrrole nitrogens is 1. The van der Waals surface area contributed by atoms with E-state index in [1.807, 2.05) is 0 Å². The van der Waals surface area contributed by atoms with Crippen LogP contribution < -0.4 is 5.32 Å². The summed E-state index contributed by atoms with van der Waals surface area (Å²) in [6, 6.07) is 4.42. The predicted molar refractivity (Wildman–Crippen MR) is 73.0 cm³/mol. The molecule has 5 heteroatoms. The van der Waals surface area contributed by atoms with Crippen molar-refractivity contribution in [2.24, 2.45) is 0 Å². The fraction of sp³-hybridized carbons (Fsp3) is 0.400. The van der Waals surface area contributed by atoms with E-state index in [-0.39, 0.29) is 0 Å². The molecule has 0 saturated heterocycles. The SMILES string of the molecule is Fc1ccc(-c2cnc(CNC3CCCC3)[nH]2)cc1F. The second kappa shape index (κ2) is 5.71. The Hall–Kier alpha value is -1.75. The van der Waals surface area contributed by atoms with Gasteiger partial charge in [-0.25, -0.2) is 13.8 Å². The lowest BCUT2D eigenvalue weighted by molar-refractivity contribution is 0.509. The first-order valence-electron chi connectivity index (χ1n) is 6.95. The topological polar surface area (TPSA) is 40.7 Å². The molecule has 0 spiro atoms. The molecule has 1 heterocycles. The maximum Gasteiger partial charge on any atom is 0.159 e. The Morgan fingerprint density at radius 2 is 2.00 bits per heavy atom. The van der Waals surface area contributed by atoms with Gasteiger partial charge in [-0.2, -0.15) is 0 Å². The van der Waals surface area contributed by atoms with Gasteiger partial charge >= 0.3 is 0 Å². The Bertz CT molecular complexity index is 589. The molecule has 2 N–H and O–H groups in total. The minimum absolute atomic E-state index is 0.576. The average molecular weight is 277 g/mol. The third-order valence-electron chi connectivity index (χ3n) is 3.77. The standard InChI is InChI=1S/C15H17F2N3/c16-12-6-5-10(7-13(12)17)14-8-19-15(20-14)9-18-11-3-1-2-4-11/h5-8,11,18H,1-4,9H2,(H,19,20). The summed E-state index contributed by atoms with van der Waals surface area (Å²) in [5.41, 5.74) is 1.30. The third kappa shape index (κ3) is 2.88. The Balaban J connectivity index is 1.67. The number of hydrogen-bond acceptors (Lipinski definition) is 2. The van der Waals surface area contributed by atoms with E-state index in [1.54, 1.807) is 12.3 Å². The minimum Gasteiger partial charge on any atom is -0.341 e. The zero-order valence-electron chi connectivity index (χ0n) is 11.1. The van der Waals surface area contributed by atoms with Crippen molar-refractivity contribution in [3.8, 4) is 11.3 Å². The third-order valence-corrected chi connectivity index (χ3v) is 3.77. The molecule has 0 radical (unpaired) electrons. The first-order chi connectivity index (χ1) is 9.72. The second-order valence-electron chi connectivity index (χ2n) is 5.23. The molecule has 1 aromatic carbocycles. The van der Waals surface area contributed by atoms with Crippen LogP contribution in [0.4, 0.5) is 8.78 Å². The maximum absolute atomic E-state index is 13.2. The Morgan fingerprint density at radius 3 is 2.75 bits per heavy atom. The van der Waals surface area contributed by atoms with Crippen LogP contribution in [0.3, 0.4) is 0 Å². The van der Waals surface area contributed by atoms with E-state index in [4.69, 9.17) is 0 Å². The number of rotatable bonds is 4. The lowest BCUT2D eigenvalue weighted by atomic mass is 10.1. The van der Waals surface area contributed by atoms with E-state index in [1.165, 1.54) is 31.7 Å². The molecule has 0 amide bonds. The molecule has 3 nitrogen and oxygen atoms in total. The zero-order valence-corrected chi connectivity index (χ0v) is 11.1. The molecule has 20 heavy (non-hydrogen) atoms. The van der Waals surface area contributed by atoms with Crippen LogP contribution in [-0.4, -0.2) is 16.0 Å². The lowest BCUT2D eigenvalue weighted by Crippen LogP contribution is -2.25. The number of nitrogens with zero attached hydrogens (tertiary/aromatic N) is 1. The van der Waals surface area contributed by atoms with Gasteiger partial charge < -0.3 is 10.3 Å². The molecule has 1 aliphatic rings. The van der Waals surface area contributed by atoms with Crippen LogP contribution in [-0.2, 0) is 6.54 Å². The lowest BCUT2D eigenvalue weighted by Gasteiger charge is -2.09. The van der Waals surface area contributed by atoms with Gasteiger partial charge in [-0.15, -0.1) is 0 Å². The molecule has 1 aromatic heterocycles. The Labute approximate surface area is 116 Å². The number of hydrogen-bond donors (Lipinski definition) is 2. The van der Waals surface area contributed by atoms with Gasteiger partial charge in [0.2, 0.25) is 0 Å². The van der Waals surface area contributed by atoms with E-state index in [0.717, 1.165) is 11.9 Å². The summed E-state index contributed by atoms with van der Waals surface area (Å²) in [6.07, 6.45) is 6.66. The maximum atomic E-state index is 13.2. The van der Waals surface area contributed by atoms with E-state index in [0.29, 0.717) is 23.8 Å². The van der Waals surface area contributed by atoms with E-state index >= 15 is 0 Å². The monoisotopic (exact) mass is 277 g/mol. The van der Waals surface area contributed by atoms with Gasteiger partial charge in [0, 0.05) is 11.6 Å². The highest BCUT2D eigenvalue weighted by molar-refractivity contribution is 5.58. The van der Waals surface area contributed by atoms with Crippen LogP contribution in [0.1, 0.15) is 31.5 Å². The number of halogens is 2. The van der Waals surface area contributed by atoms with Crippen molar-refractivity contribution in [1.29, 1.82) is 0 Å². The van der Waals surface area contributed by atoms with Crippen molar-refractivity contribution in [1.82, 2.24) is 15.3 Å². The van der Waals surface area contributed by atoms with Crippen molar-refractivity contribution < 1.29 is 8.78 Å². The Kier molecular flexibility index (Phi) is 3.78. The molecular formula is C15H17F2N3. The number of aromatic amines is 1. The highest BCUT2D eigenvalue weighted by atomic mass is 19.2. The van der Waals surface area contributed by atoms with Gasteiger partial charge in [0.05, 0.1) is 18.4 Å². The summed E-state index contributed by atoms with van der Waals surface area (Å²) in [6.45, 7) is 0.675. The quantitative estimate of drug-likeness (QED) is 0.899. The molecule has 1 saturated carbocycles. The van der Waals surface area contributed by atoms with Crippen LogP contribution >= 0.6 is 0 Å². The molecular weight excluding hydrogens is 260 g/mol. The number of imidazole rings is 1. The van der Waals surface area contributed by atoms with Gasteiger partial charge in [0.1, 0.15) is 5.82 Å².